The second-order valence-electron chi connectivity index (χ2n) is 5.47. The fourth-order valence-corrected chi connectivity index (χ4v) is 1.63. The Kier molecular flexibility index (Phi) is 7.16. The molecule has 0 heterocycles. The maximum atomic E-state index is 13.4. The molecule has 0 aromatic carbocycles. The lowest BCUT2D eigenvalue weighted by atomic mass is 9.87. The minimum atomic E-state index is -8.42. The Balaban J connectivity index is 6.61. The summed E-state index contributed by atoms with van der Waals surface area (Å²) in [4.78, 5) is 10.2. The predicted molar refractivity (Wildman–Crippen MR) is 62.3 cm³/mol. The Hall–Kier alpha value is -1.91. The van der Waals surface area contributed by atoms with Crippen molar-refractivity contribution in [1.82, 2.24) is 0 Å². The Bertz CT molecular complexity index is 669. The van der Waals surface area contributed by atoms with Gasteiger partial charge < -0.3 is 5.11 Å². The maximum Gasteiger partial charge on any atom is 0.384 e. The van der Waals surface area contributed by atoms with Gasteiger partial charge in [-0.2, -0.15) is 52.7 Å². The van der Waals surface area contributed by atoms with E-state index in [1.807, 2.05) is 6.58 Å². The van der Waals surface area contributed by atoms with Gasteiger partial charge in [0.1, 0.15) is 0 Å². The quantitative estimate of drug-likeness (QED) is 0.333. The molecule has 0 saturated heterocycles. The average Bonchev–Trinajstić information content (AvgIpc) is 2.58. The van der Waals surface area contributed by atoms with E-state index in [4.69, 9.17) is 5.11 Å². The van der Waals surface area contributed by atoms with Gasteiger partial charge in [0.15, 0.2) is 0 Å². The van der Waals surface area contributed by atoms with E-state index in [-0.39, 0.29) is 0 Å². The molecule has 0 spiro atoms. The molecule has 2 atom stereocenters. The van der Waals surface area contributed by atoms with Gasteiger partial charge in [-0.1, -0.05) is 6.58 Å². The van der Waals surface area contributed by atoms with Crippen molar-refractivity contribution in [3.63, 3.8) is 0 Å². The van der Waals surface area contributed by atoms with Crippen LogP contribution in [0.3, 0.4) is 0 Å². The molecule has 30 heavy (non-hydrogen) atoms. The second kappa shape index (κ2) is 7.65. The number of hydrogen-bond donors (Lipinski definition) is 1. The molecule has 0 rings (SSSR count). The van der Waals surface area contributed by atoms with E-state index in [0.29, 0.717) is 0 Å². The number of aliphatic carboxylic acids is 1. The number of carboxylic acid groups (broad SMARTS) is 1. The summed E-state index contributed by atoms with van der Waals surface area (Å²) in [6.45, 7) is 1.89. The first-order chi connectivity index (χ1) is 12.9. The third kappa shape index (κ3) is 3.65. The van der Waals surface area contributed by atoms with E-state index in [2.05, 4.69) is 0 Å². The van der Waals surface area contributed by atoms with E-state index in [0.717, 1.165) is 0 Å². The van der Waals surface area contributed by atoms with Crippen LogP contribution >= 0.6 is 0 Å². The van der Waals surface area contributed by atoms with Gasteiger partial charge in [-0.05, 0) is 0 Å². The van der Waals surface area contributed by atoms with Crippen LogP contribution < -0.4 is 0 Å². The minimum absolute atomic E-state index is 1.89. The first-order valence-corrected chi connectivity index (χ1v) is 6.62. The third-order valence-electron chi connectivity index (χ3n) is 3.49. The summed E-state index contributed by atoms with van der Waals surface area (Å²) in [7, 11) is 0. The second-order valence-corrected chi connectivity index (χ2v) is 5.47. The SMILES string of the molecule is C=C(C(=O)O)C(F)C(F)(F)C(F)(F)C(F)(F)C(F)(F)C(F)(F)C(F)(F)C(F)C(F)F. The van der Waals surface area contributed by atoms with Gasteiger partial charge in [-0.15, -0.1) is 0 Å². The number of rotatable bonds is 10. The molecule has 1 N–H and O–H groups in total. The third-order valence-corrected chi connectivity index (χ3v) is 3.49. The normalized spacial score (nSPS) is 17.1. The zero-order chi connectivity index (χ0) is 24.9. The van der Waals surface area contributed by atoms with Crippen LogP contribution in [0.2, 0.25) is 0 Å². The van der Waals surface area contributed by atoms with Crippen LogP contribution in [0, 0.1) is 0 Å². The molecule has 2 nitrogen and oxygen atoms in total. The van der Waals surface area contributed by atoms with E-state index in [9.17, 15) is 75.0 Å². The van der Waals surface area contributed by atoms with Crippen LogP contribution in [-0.4, -0.2) is 65.4 Å². The summed E-state index contributed by atoms with van der Waals surface area (Å²) >= 11 is 0. The molecular weight excluding hydrogens is 480 g/mol. The molecule has 0 fully saturated rings. The summed E-state index contributed by atoms with van der Waals surface area (Å²) in [5.41, 5.74) is -2.67. The van der Waals surface area contributed by atoms with Crippen LogP contribution in [0.5, 0.6) is 0 Å². The summed E-state index contributed by atoms with van der Waals surface area (Å²) < 4.78 is 208. The molecule has 0 radical (unpaired) electrons. The highest BCUT2D eigenvalue weighted by Crippen LogP contribution is 2.61. The largest absolute Gasteiger partial charge is 0.478 e. The molecule has 0 aliphatic heterocycles. The first-order valence-electron chi connectivity index (χ1n) is 6.62. The average molecular weight is 486 g/mol. The summed E-state index contributed by atoms with van der Waals surface area (Å²) in [5.74, 6) is -50.8. The topological polar surface area (TPSA) is 37.3 Å². The molecule has 178 valence electrons. The van der Waals surface area contributed by atoms with Crippen molar-refractivity contribution in [2.45, 2.75) is 54.3 Å². The van der Waals surface area contributed by atoms with E-state index in [1.165, 1.54) is 0 Å². The fourth-order valence-electron chi connectivity index (χ4n) is 1.63. The monoisotopic (exact) mass is 486 g/mol. The van der Waals surface area contributed by atoms with Gasteiger partial charge in [0.05, 0.1) is 5.57 Å². The molecular formula is C12H6F16O2. The number of carboxylic acids is 1. The maximum absolute atomic E-state index is 13.4. The Morgan fingerprint density at radius 2 is 0.933 bits per heavy atom. The Morgan fingerprint density at radius 3 is 1.20 bits per heavy atom. The van der Waals surface area contributed by atoms with Crippen molar-refractivity contribution in [2.24, 2.45) is 0 Å². The highest BCUT2D eigenvalue weighted by molar-refractivity contribution is 5.87. The van der Waals surface area contributed by atoms with Crippen molar-refractivity contribution in [3.8, 4) is 0 Å². The van der Waals surface area contributed by atoms with Crippen molar-refractivity contribution in [2.75, 3.05) is 0 Å². The standard InChI is InChI=1S/C12H6F16O2/c1-2(6(29)30)3(13)7(17,18)9(21,22)11(25,26)12(27,28)10(23,24)8(19,20)4(14)5(15)16/h3-5H,1H2,(H,29,30). The van der Waals surface area contributed by atoms with E-state index in [1.54, 1.807) is 0 Å². The number of hydrogen-bond acceptors (Lipinski definition) is 1. The molecule has 0 aromatic heterocycles. The van der Waals surface area contributed by atoms with Gasteiger partial charge in [0, 0.05) is 0 Å². The van der Waals surface area contributed by atoms with Crippen LogP contribution in [0.25, 0.3) is 0 Å². The molecule has 0 aliphatic rings. The lowest BCUT2D eigenvalue weighted by molar-refractivity contribution is -0.433. The van der Waals surface area contributed by atoms with Crippen molar-refractivity contribution in [3.05, 3.63) is 12.2 Å². The zero-order valence-corrected chi connectivity index (χ0v) is 13.3. The summed E-state index contributed by atoms with van der Waals surface area (Å²) in [6.07, 6.45) is -16.1. The van der Waals surface area contributed by atoms with Gasteiger partial charge in [-0.25, -0.2) is 22.4 Å². The predicted octanol–water partition coefficient (Wildman–Crippen LogP) is 5.38. The van der Waals surface area contributed by atoms with Crippen LogP contribution in [-0.2, 0) is 4.79 Å². The lowest BCUT2D eigenvalue weighted by Gasteiger charge is -2.42. The van der Waals surface area contributed by atoms with Gasteiger partial charge in [-0.3, -0.25) is 0 Å². The molecule has 0 aliphatic carbocycles. The van der Waals surface area contributed by atoms with E-state index >= 15 is 0 Å². The molecule has 0 bridgehead atoms. The summed E-state index contributed by atoms with van der Waals surface area (Å²) in [5, 5.41) is 8.11. The zero-order valence-electron chi connectivity index (χ0n) is 13.3. The number of halogens is 16. The van der Waals surface area contributed by atoms with Crippen LogP contribution in [0.4, 0.5) is 70.2 Å². The van der Waals surface area contributed by atoms with Crippen molar-refractivity contribution in [1.29, 1.82) is 0 Å². The van der Waals surface area contributed by atoms with Crippen molar-refractivity contribution >= 4 is 5.97 Å². The highest BCUT2D eigenvalue weighted by Gasteiger charge is 2.92. The molecule has 0 aromatic rings. The molecule has 0 amide bonds. The van der Waals surface area contributed by atoms with Crippen LogP contribution in [0.15, 0.2) is 12.2 Å². The smallest absolute Gasteiger partial charge is 0.384 e. The van der Waals surface area contributed by atoms with Crippen LogP contribution in [0.1, 0.15) is 0 Å². The fraction of sp³-hybridized carbons (Fsp3) is 0.750. The summed E-state index contributed by atoms with van der Waals surface area (Å²) in [6, 6.07) is 0. The Morgan fingerprint density at radius 1 is 0.633 bits per heavy atom. The molecule has 2 unspecified atom stereocenters. The number of alkyl halides is 16. The minimum Gasteiger partial charge on any atom is -0.478 e. The highest BCUT2D eigenvalue weighted by atomic mass is 19.4. The van der Waals surface area contributed by atoms with Crippen molar-refractivity contribution < 1.29 is 80.1 Å². The van der Waals surface area contributed by atoms with Gasteiger partial charge in [0.25, 0.3) is 6.43 Å². The van der Waals surface area contributed by atoms with E-state index < -0.39 is 65.8 Å². The number of carbonyl (C=O) groups is 1. The first kappa shape index (κ1) is 28.1. The lowest BCUT2D eigenvalue weighted by Crippen LogP contribution is -2.73. The van der Waals surface area contributed by atoms with Gasteiger partial charge in [0.2, 0.25) is 12.3 Å². The van der Waals surface area contributed by atoms with Gasteiger partial charge >= 0.3 is 41.5 Å². The Labute approximate surface area is 154 Å². The molecule has 18 heteroatoms. The molecule has 0 saturated carbocycles.